The zero-order valence-electron chi connectivity index (χ0n) is 18.1. The molecule has 34 heavy (non-hydrogen) atoms. The van der Waals surface area contributed by atoms with Crippen molar-refractivity contribution in [2.75, 3.05) is 5.32 Å². The zero-order chi connectivity index (χ0) is 23.2. The van der Waals surface area contributed by atoms with Crippen LogP contribution in [-0.2, 0) is 0 Å². The predicted molar refractivity (Wildman–Crippen MR) is 126 cm³/mol. The van der Waals surface area contributed by atoms with E-state index in [1.807, 2.05) is 16.7 Å². The van der Waals surface area contributed by atoms with Gasteiger partial charge in [0.2, 0.25) is 0 Å². The lowest BCUT2D eigenvalue weighted by atomic mass is 10.0. The Hall–Kier alpha value is -3.65. The highest BCUT2D eigenvalue weighted by atomic mass is 35.5. The molecule has 1 amide bonds. The van der Waals surface area contributed by atoms with Gasteiger partial charge in [-0.2, -0.15) is 0 Å². The fourth-order valence-corrected chi connectivity index (χ4v) is 4.25. The number of benzene rings is 1. The number of aromatic nitrogens is 5. The number of halogens is 2. The molecule has 4 aromatic rings. The molecule has 1 aromatic carbocycles. The first-order valence-corrected chi connectivity index (χ1v) is 11.6. The van der Waals surface area contributed by atoms with Crippen LogP contribution in [-0.4, -0.2) is 30.6 Å². The highest BCUT2D eigenvalue weighted by Crippen LogP contribution is 2.40. The number of hydrogen-bond acceptors (Lipinski definition) is 5. The Bertz CT molecular complexity index is 1400. The Labute approximate surface area is 200 Å². The number of anilines is 1. The van der Waals surface area contributed by atoms with E-state index in [2.05, 4.69) is 25.5 Å². The smallest absolute Gasteiger partial charge is 0.259 e. The van der Waals surface area contributed by atoms with Gasteiger partial charge in [0.15, 0.2) is 5.82 Å². The number of rotatable bonds is 6. The minimum Gasteiger partial charge on any atom is -0.309 e. The predicted octanol–water partition coefficient (Wildman–Crippen LogP) is 5.66. The molecule has 7 nitrogen and oxygen atoms in total. The normalized spacial score (nSPS) is 15.4. The average Bonchev–Trinajstić information content (AvgIpc) is 3.78. The Morgan fingerprint density at radius 2 is 1.97 bits per heavy atom. The SMILES string of the molecule is O=C(Nc1cccc(-c2nncn2C2CC2)n1)c1cc(-c2ccc(C3CC3)nc2)c(Cl)cc1F. The van der Waals surface area contributed by atoms with Crippen LogP contribution in [0.2, 0.25) is 5.02 Å². The summed E-state index contributed by atoms with van der Waals surface area (Å²) in [5.41, 5.74) is 2.77. The van der Waals surface area contributed by atoms with Gasteiger partial charge in [0.05, 0.1) is 10.6 Å². The molecule has 0 unspecified atom stereocenters. The summed E-state index contributed by atoms with van der Waals surface area (Å²) in [6.07, 6.45) is 7.88. The second-order valence-electron chi connectivity index (χ2n) is 8.71. The van der Waals surface area contributed by atoms with Gasteiger partial charge >= 0.3 is 0 Å². The van der Waals surface area contributed by atoms with Crippen LogP contribution in [0.15, 0.2) is 55.0 Å². The van der Waals surface area contributed by atoms with Crippen LogP contribution in [0.5, 0.6) is 0 Å². The molecular weight excluding hydrogens is 455 g/mol. The summed E-state index contributed by atoms with van der Waals surface area (Å²) in [7, 11) is 0. The van der Waals surface area contributed by atoms with Crippen LogP contribution >= 0.6 is 11.6 Å². The van der Waals surface area contributed by atoms with E-state index in [1.54, 1.807) is 30.7 Å². The highest BCUT2D eigenvalue weighted by Gasteiger charge is 2.27. The van der Waals surface area contributed by atoms with Crippen molar-refractivity contribution < 1.29 is 9.18 Å². The van der Waals surface area contributed by atoms with E-state index in [-0.39, 0.29) is 10.6 Å². The molecule has 170 valence electrons. The number of pyridine rings is 2. The summed E-state index contributed by atoms with van der Waals surface area (Å²) in [4.78, 5) is 22.0. The molecule has 2 aliphatic carbocycles. The van der Waals surface area contributed by atoms with Gasteiger partial charge in [-0.15, -0.1) is 10.2 Å². The Morgan fingerprint density at radius 1 is 1.12 bits per heavy atom. The van der Waals surface area contributed by atoms with E-state index in [4.69, 9.17) is 11.6 Å². The molecule has 2 fully saturated rings. The molecule has 0 spiro atoms. The van der Waals surface area contributed by atoms with Crippen LogP contribution in [0.1, 0.15) is 53.7 Å². The molecule has 0 radical (unpaired) electrons. The second-order valence-corrected chi connectivity index (χ2v) is 9.12. The molecule has 1 N–H and O–H groups in total. The quantitative estimate of drug-likeness (QED) is 0.389. The summed E-state index contributed by atoms with van der Waals surface area (Å²) in [6, 6.07) is 12.1. The number of nitrogens with zero attached hydrogens (tertiary/aromatic N) is 5. The van der Waals surface area contributed by atoms with Crippen molar-refractivity contribution >= 4 is 23.3 Å². The summed E-state index contributed by atoms with van der Waals surface area (Å²) in [6.45, 7) is 0. The monoisotopic (exact) mass is 474 g/mol. The van der Waals surface area contributed by atoms with E-state index in [0.717, 1.165) is 43.0 Å². The average molecular weight is 475 g/mol. The topological polar surface area (TPSA) is 85.6 Å². The molecular formula is C25H20ClFN6O. The van der Waals surface area contributed by atoms with Crippen molar-refractivity contribution in [2.24, 2.45) is 0 Å². The van der Waals surface area contributed by atoms with Crippen LogP contribution in [0.3, 0.4) is 0 Å². The van der Waals surface area contributed by atoms with Crippen LogP contribution in [0, 0.1) is 5.82 Å². The van der Waals surface area contributed by atoms with E-state index in [9.17, 15) is 9.18 Å². The minimum atomic E-state index is -0.710. The molecule has 9 heteroatoms. The van der Waals surface area contributed by atoms with Gasteiger partial charge in [-0.25, -0.2) is 9.37 Å². The van der Waals surface area contributed by atoms with Gasteiger partial charge in [0.1, 0.15) is 23.7 Å². The zero-order valence-corrected chi connectivity index (χ0v) is 18.8. The van der Waals surface area contributed by atoms with Gasteiger partial charge in [-0.3, -0.25) is 9.78 Å². The molecule has 0 aliphatic heterocycles. The first-order valence-electron chi connectivity index (χ1n) is 11.2. The fourth-order valence-electron chi connectivity index (χ4n) is 3.99. The summed E-state index contributed by atoms with van der Waals surface area (Å²) >= 11 is 6.31. The molecule has 0 saturated heterocycles. The lowest BCUT2D eigenvalue weighted by Gasteiger charge is -2.11. The highest BCUT2D eigenvalue weighted by molar-refractivity contribution is 6.33. The number of amides is 1. The minimum absolute atomic E-state index is 0.126. The van der Waals surface area contributed by atoms with E-state index in [1.165, 1.54) is 6.07 Å². The maximum absolute atomic E-state index is 14.7. The summed E-state index contributed by atoms with van der Waals surface area (Å²) in [5, 5.41) is 11.1. The largest absolute Gasteiger partial charge is 0.309 e. The first-order chi connectivity index (χ1) is 16.6. The fraction of sp³-hybridized carbons (Fsp3) is 0.240. The van der Waals surface area contributed by atoms with Crippen molar-refractivity contribution in [2.45, 2.75) is 37.6 Å². The van der Waals surface area contributed by atoms with E-state index >= 15 is 0 Å². The van der Waals surface area contributed by atoms with Crippen molar-refractivity contribution in [3.63, 3.8) is 0 Å². The van der Waals surface area contributed by atoms with Gasteiger partial charge in [-0.1, -0.05) is 23.7 Å². The third-order valence-corrected chi connectivity index (χ3v) is 6.44. The van der Waals surface area contributed by atoms with Crippen LogP contribution in [0.4, 0.5) is 10.2 Å². The van der Waals surface area contributed by atoms with Crippen molar-refractivity contribution in [3.05, 3.63) is 77.1 Å². The summed E-state index contributed by atoms with van der Waals surface area (Å²) in [5.74, 6) is 0.130. The number of nitrogens with one attached hydrogen (secondary N) is 1. The van der Waals surface area contributed by atoms with Crippen LogP contribution < -0.4 is 5.32 Å². The second kappa shape index (κ2) is 8.29. The van der Waals surface area contributed by atoms with Gasteiger partial charge in [0.25, 0.3) is 5.91 Å². The lowest BCUT2D eigenvalue weighted by Crippen LogP contribution is -2.15. The molecule has 3 heterocycles. The van der Waals surface area contributed by atoms with Crippen molar-refractivity contribution in [1.82, 2.24) is 24.7 Å². The maximum Gasteiger partial charge on any atom is 0.259 e. The molecule has 6 rings (SSSR count). The molecule has 2 aliphatic rings. The van der Waals surface area contributed by atoms with E-state index in [0.29, 0.717) is 34.9 Å². The molecule has 2 saturated carbocycles. The Morgan fingerprint density at radius 3 is 2.71 bits per heavy atom. The number of carbonyl (C=O) groups excluding carboxylic acids is 1. The number of hydrogen-bond donors (Lipinski definition) is 1. The van der Waals surface area contributed by atoms with Gasteiger partial charge in [-0.05, 0) is 56.0 Å². The standard InChI is InChI=1S/C25H20ClFN6O/c26-19-11-20(27)18(10-17(19)15-6-9-21(28-12-15)14-4-5-14)25(34)31-23-3-1-2-22(30-23)24-32-29-13-33(24)16-7-8-16/h1-3,6,9-14,16H,4-5,7-8H2,(H,30,31,34). The van der Waals surface area contributed by atoms with Gasteiger partial charge < -0.3 is 9.88 Å². The van der Waals surface area contributed by atoms with Crippen molar-refractivity contribution in [3.8, 4) is 22.6 Å². The maximum atomic E-state index is 14.7. The first kappa shape index (κ1) is 20.9. The third kappa shape index (κ3) is 4.05. The lowest BCUT2D eigenvalue weighted by molar-refractivity contribution is 0.102. The van der Waals surface area contributed by atoms with Gasteiger partial charge in [0, 0.05) is 35.0 Å². The molecule has 0 atom stereocenters. The molecule has 3 aromatic heterocycles. The molecule has 0 bridgehead atoms. The third-order valence-electron chi connectivity index (χ3n) is 6.13. The Kier molecular flexibility index (Phi) is 5.10. The van der Waals surface area contributed by atoms with Crippen molar-refractivity contribution in [1.29, 1.82) is 0 Å². The summed E-state index contributed by atoms with van der Waals surface area (Å²) < 4.78 is 16.7. The van der Waals surface area contributed by atoms with Crippen LogP contribution in [0.25, 0.3) is 22.6 Å². The number of carbonyl (C=O) groups is 1. The van der Waals surface area contributed by atoms with E-state index < -0.39 is 11.7 Å². The Balaban J connectivity index is 1.27.